The second kappa shape index (κ2) is 3.00. The average molecular weight is 169 g/mol. The van der Waals surface area contributed by atoms with Crippen LogP contribution in [0.2, 0.25) is 0 Å². The second-order valence-electron chi connectivity index (χ2n) is 4.56. The average Bonchev–Trinajstić information content (AvgIpc) is 2.06. The number of hydrogen-bond donors (Lipinski definition) is 1. The van der Waals surface area contributed by atoms with Gasteiger partial charge in [-0.3, -0.25) is 0 Å². The summed E-state index contributed by atoms with van der Waals surface area (Å²) < 4.78 is 0. The van der Waals surface area contributed by atoms with E-state index in [1.54, 1.807) is 0 Å². The summed E-state index contributed by atoms with van der Waals surface area (Å²) in [5.74, 6) is 0.560. The lowest BCUT2D eigenvalue weighted by molar-refractivity contribution is -0.0909. The summed E-state index contributed by atoms with van der Waals surface area (Å²) in [6.45, 7) is 2.18. The zero-order valence-corrected chi connectivity index (χ0v) is 7.92. The summed E-state index contributed by atoms with van der Waals surface area (Å²) >= 11 is 0. The van der Waals surface area contributed by atoms with Crippen molar-refractivity contribution in [2.45, 2.75) is 37.7 Å². The largest absolute Gasteiger partial charge is 0.390 e. The summed E-state index contributed by atoms with van der Waals surface area (Å²) in [6, 6.07) is 0. The molecule has 12 heavy (non-hydrogen) atoms. The van der Waals surface area contributed by atoms with Crippen LogP contribution in [-0.2, 0) is 0 Å². The predicted octanol–water partition coefficient (Wildman–Crippen LogP) is 1.24. The maximum atomic E-state index is 10.3. The summed E-state index contributed by atoms with van der Waals surface area (Å²) in [7, 11) is 2.16. The molecule has 0 radical (unpaired) electrons. The minimum Gasteiger partial charge on any atom is -0.390 e. The van der Waals surface area contributed by atoms with Crippen molar-refractivity contribution in [2.75, 3.05) is 20.1 Å². The minimum atomic E-state index is -0.287. The van der Waals surface area contributed by atoms with Crippen molar-refractivity contribution in [3.63, 3.8) is 0 Å². The van der Waals surface area contributed by atoms with Gasteiger partial charge in [0, 0.05) is 19.0 Å². The van der Waals surface area contributed by atoms with E-state index < -0.39 is 0 Å². The van der Waals surface area contributed by atoms with Crippen LogP contribution in [0.4, 0.5) is 0 Å². The van der Waals surface area contributed by atoms with Crippen molar-refractivity contribution in [1.29, 1.82) is 0 Å². The van der Waals surface area contributed by atoms with Gasteiger partial charge in [-0.1, -0.05) is 12.8 Å². The molecule has 0 bridgehead atoms. The van der Waals surface area contributed by atoms with Crippen LogP contribution in [0.5, 0.6) is 0 Å². The molecule has 2 heteroatoms. The predicted molar refractivity (Wildman–Crippen MR) is 49.0 cm³/mol. The van der Waals surface area contributed by atoms with Crippen LogP contribution in [0, 0.1) is 5.92 Å². The number of likely N-dealkylation sites (tertiary alicyclic amines) is 1. The normalized spacial score (nSPS) is 44.0. The molecule has 1 N–H and O–H groups in total. The van der Waals surface area contributed by atoms with Crippen molar-refractivity contribution in [3.8, 4) is 0 Å². The molecule has 1 saturated carbocycles. The molecule has 0 aromatic rings. The highest BCUT2D eigenvalue weighted by molar-refractivity contribution is 4.94. The Kier molecular flexibility index (Phi) is 2.13. The SMILES string of the molecule is CN1CC[C@@]2(O)CCCC[C@@H]2C1. The van der Waals surface area contributed by atoms with Crippen LogP contribution >= 0.6 is 0 Å². The number of aliphatic hydroxyl groups is 1. The van der Waals surface area contributed by atoms with Gasteiger partial charge in [-0.2, -0.15) is 0 Å². The van der Waals surface area contributed by atoms with Crippen molar-refractivity contribution >= 4 is 0 Å². The Morgan fingerprint density at radius 1 is 1.33 bits per heavy atom. The van der Waals surface area contributed by atoms with Gasteiger partial charge >= 0.3 is 0 Å². The van der Waals surface area contributed by atoms with Crippen molar-refractivity contribution in [2.24, 2.45) is 5.92 Å². The zero-order valence-electron chi connectivity index (χ0n) is 7.92. The maximum absolute atomic E-state index is 10.3. The lowest BCUT2D eigenvalue weighted by Crippen LogP contribution is -2.52. The first-order chi connectivity index (χ1) is 5.71. The molecule has 0 aromatic carbocycles. The Bertz CT molecular complexity index is 171. The van der Waals surface area contributed by atoms with Crippen molar-refractivity contribution in [3.05, 3.63) is 0 Å². The topological polar surface area (TPSA) is 23.5 Å². The van der Waals surface area contributed by atoms with Gasteiger partial charge in [-0.25, -0.2) is 0 Å². The van der Waals surface area contributed by atoms with E-state index in [1.165, 1.54) is 19.3 Å². The van der Waals surface area contributed by atoms with Crippen LogP contribution in [0.15, 0.2) is 0 Å². The number of rotatable bonds is 0. The molecule has 1 aliphatic carbocycles. The van der Waals surface area contributed by atoms with Gasteiger partial charge in [0.05, 0.1) is 5.60 Å². The minimum absolute atomic E-state index is 0.287. The summed E-state index contributed by atoms with van der Waals surface area (Å²) in [5, 5.41) is 10.3. The third-order valence-corrected chi connectivity index (χ3v) is 3.63. The van der Waals surface area contributed by atoms with Crippen LogP contribution in [0.1, 0.15) is 32.1 Å². The van der Waals surface area contributed by atoms with E-state index in [9.17, 15) is 5.11 Å². The molecule has 1 heterocycles. The van der Waals surface area contributed by atoms with E-state index >= 15 is 0 Å². The molecule has 2 fully saturated rings. The standard InChI is InChI=1S/C10H19NO/c1-11-7-6-10(12)5-3-2-4-9(10)8-11/h9,12H,2-8H2,1H3/t9-,10+/m1/s1. The fourth-order valence-corrected chi connectivity index (χ4v) is 2.74. The Labute approximate surface area is 74.6 Å². The van der Waals surface area contributed by atoms with E-state index in [2.05, 4.69) is 11.9 Å². The van der Waals surface area contributed by atoms with Crippen LogP contribution in [0.25, 0.3) is 0 Å². The molecule has 1 aliphatic heterocycles. The monoisotopic (exact) mass is 169 g/mol. The Balaban J connectivity index is 2.06. The van der Waals surface area contributed by atoms with E-state index in [4.69, 9.17) is 0 Å². The fraction of sp³-hybridized carbons (Fsp3) is 1.00. The lowest BCUT2D eigenvalue weighted by Gasteiger charge is -2.46. The highest BCUT2D eigenvalue weighted by Gasteiger charge is 2.41. The number of nitrogens with zero attached hydrogens (tertiary/aromatic N) is 1. The van der Waals surface area contributed by atoms with E-state index in [0.29, 0.717) is 5.92 Å². The quantitative estimate of drug-likeness (QED) is 0.590. The van der Waals surface area contributed by atoms with Crippen LogP contribution in [0.3, 0.4) is 0 Å². The van der Waals surface area contributed by atoms with Crippen molar-refractivity contribution < 1.29 is 5.11 Å². The lowest BCUT2D eigenvalue weighted by atomic mass is 9.71. The number of fused-ring (bicyclic) bond motifs is 1. The number of hydrogen-bond acceptors (Lipinski definition) is 2. The molecule has 1 saturated heterocycles. The van der Waals surface area contributed by atoms with E-state index in [0.717, 1.165) is 25.9 Å². The third kappa shape index (κ3) is 1.38. The first-order valence-electron chi connectivity index (χ1n) is 5.12. The molecule has 2 atom stereocenters. The first-order valence-corrected chi connectivity index (χ1v) is 5.12. The van der Waals surface area contributed by atoms with Crippen molar-refractivity contribution in [1.82, 2.24) is 4.90 Å². The number of piperidine rings is 1. The molecule has 70 valence electrons. The summed E-state index contributed by atoms with van der Waals surface area (Å²) in [4.78, 5) is 2.35. The highest BCUT2D eigenvalue weighted by Crippen LogP contribution is 2.39. The van der Waals surface area contributed by atoms with Gasteiger partial charge in [-0.05, 0) is 26.3 Å². The molecular formula is C10H19NO. The Morgan fingerprint density at radius 2 is 2.17 bits per heavy atom. The van der Waals surface area contributed by atoms with Gasteiger partial charge in [0.15, 0.2) is 0 Å². The Morgan fingerprint density at radius 3 is 3.00 bits per heavy atom. The van der Waals surface area contributed by atoms with Gasteiger partial charge in [0.2, 0.25) is 0 Å². The van der Waals surface area contributed by atoms with Gasteiger partial charge in [-0.15, -0.1) is 0 Å². The Hall–Kier alpha value is -0.0800. The van der Waals surface area contributed by atoms with Gasteiger partial charge < -0.3 is 10.0 Å². The molecule has 0 unspecified atom stereocenters. The summed E-state index contributed by atoms with van der Waals surface area (Å²) in [6.07, 6.45) is 5.83. The van der Waals surface area contributed by atoms with Crippen LogP contribution in [-0.4, -0.2) is 35.7 Å². The summed E-state index contributed by atoms with van der Waals surface area (Å²) in [5.41, 5.74) is -0.287. The second-order valence-corrected chi connectivity index (χ2v) is 4.56. The molecule has 2 aliphatic rings. The molecule has 0 spiro atoms. The van der Waals surface area contributed by atoms with Crippen LogP contribution < -0.4 is 0 Å². The zero-order chi connectivity index (χ0) is 8.60. The molecule has 0 aromatic heterocycles. The smallest absolute Gasteiger partial charge is 0.0700 e. The molecule has 2 nitrogen and oxygen atoms in total. The molecule has 2 rings (SSSR count). The third-order valence-electron chi connectivity index (χ3n) is 3.63. The maximum Gasteiger partial charge on any atom is 0.0700 e. The highest BCUT2D eigenvalue weighted by atomic mass is 16.3. The molecule has 0 amide bonds. The molecular weight excluding hydrogens is 150 g/mol. The van der Waals surface area contributed by atoms with E-state index in [-0.39, 0.29) is 5.60 Å². The van der Waals surface area contributed by atoms with Gasteiger partial charge in [0.1, 0.15) is 0 Å². The van der Waals surface area contributed by atoms with Gasteiger partial charge in [0.25, 0.3) is 0 Å². The first kappa shape index (κ1) is 8.52. The van der Waals surface area contributed by atoms with E-state index in [1.807, 2.05) is 0 Å². The fourth-order valence-electron chi connectivity index (χ4n) is 2.74.